The van der Waals surface area contributed by atoms with E-state index in [9.17, 15) is 24.9 Å². The van der Waals surface area contributed by atoms with Crippen molar-refractivity contribution in [3.63, 3.8) is 0 Å². The molecule has 0 fully saturated rings. The van der Waals surface area contributed by atoms with Crippen molar-refractivity contribution in [1.29, 1.82) is 0 Å². The Balaban J connectivity index is 2.16. The maximum atomic E-state index is 13.0. The monoisotopic (exact) mass is 356 g/mol. The van der Waals surface area contributed by atoms with Gasteiger partial charge in [-0.05, 0) is 18.6 Å². The van der Waals surface area contributed by atoms with E-state index in [1.54, 1.807) is 12.1 Å². The Morgan fingerprint density at radius 1 is 1.00 bits per heavy atom. The number of hydrogen-bond donors (Lipinski definition) is 3. The summed E-state index contributed by atoms with van der Waals surface area (Å²) in [4.78, 5) is 25.7. The molecule has 0 spiro atoms. The lowest BCUT2D eigenvalue weighted by atomic mass is 9.81. The Bertz CT molecular complexity index is 886. The minimum atomic E-state index is -1.36. The first-order valence-electron chi connectivity index (χ1n) is 8.40. The van der Waals surface area contributed by atoms with E-state index in [0.717, 1.165) is 0 Å². The Hall–Kier alpha value is -2.70. The summed E-state index contributed by atoms with van der Waals surface area (Å²) in [5.74, 6) is -1.20. The number of methoxy groups -OCH3 is 1. The molecule has 1 aliphatic rings. The summed E-state index contributed by atoms with van der Waals surface area (Å²) >= 11 is 0. The summed E-state index contributed by atoms with van der Waals surface area (Å²) in [5, 5.41) is 31.0. The smallest absolute Gasteiger partial charge is 0.201 e. The van der Waals surface area contributed by atoms with E-state index in [4.69, 9.17) is 4.74 Å². The summed E-state index contributed by atoms with van der Waals surface area (Å²) in [6.45, 7) is 1.86. The molecule has 0 saturated heterocycles. The number of aliphatic hydroxyl groups is 2. The van der Waals surface area contributed by atoms with Gasteiger partial charge in [-0.15, -0.1) is 0 Å². The third-order valence-corrected chi connectivity index (χ3v) is 4.67. The van der Waals surface area contributed by atoms with Gasteiger partial charge in [-0.2, -0.15) is 0 Å². The summed E-state index contributed by atoms with van der Waals surface area (Å²) in [5.41, 5.74) is 0.203. The number of fused-ring (bicyclic) bond motifs is 2. The van der Waals surface area contributed by atoms with E-state index < -0.39 is 29.5 Å². The number of phenolic OH excluding ortho intramolecular Hbond substituents is 1. The number of aromatic hydroxyl groups is 1. The third-order valence-electron chi connectivity index (χ3n) is 4.67. The maximum Gasteiger partial charge on any atom is 0.201 e. The molecule has 0 aliphatic heterocycles. The summed E-state index contributed by atoms with van der Waals surface area (Å²) in [6.07, 6.45) is -1.46. The van der Waals surface area contributed by atoms with Gasteiger partial charge in [-0.3, -0.25) is 9.59 Å². The van der Waals surface area contributed by atoms with Crippen LogP contribution < -0.4 is 4.74 Å². The van der Waals surface area contributed by atoms with E-state index in [1.165, 1.54) is 25.3 Å². The van der Waals surface area contributed by atoms with E-state index in [0.29, 0.717) is 12.8 Å². The van der Waals surface area contributed by atoms with E-state index in [-0.39, 0.29) is 33.6 Å². The van der Waals surface area contributed by atoms with Crippen LogP contribution >= 0.6 is 0 Å². The van der Waals surface area contributed by atoms with Crippen molar-refractivity contribution in [2.24, 2.45) is 0 Å². The van der Waals surface area contributed by atoms with Gasteiger partial charge < -0.3 is 20.1 Å². The van der Waals surface area contributed by atoms with Crippen molar-refractivity contribution in [3.8, 4) is 11.5 Å². The van der Waals surface area contributed by atoms with Crippen molar-refractivity contribution in [2.75, 3.05) is 7.11 Å². The molecule has 0 radical (unpaired) electrons. The predicted molar refractivity (Wildman–Crippen MR) is 93.8 cm³/mol. The Kier molecular flexibility index (Phi) is 4.80. The first kappa shape index (κ1) is 18.1. The van der Waals surface area contributed by atoms with Crippen LogP contribution in [0.3, 0.4) is 0 Å². The fourth-order valence-corrected chi connectivity index (χ4v) is 3.32. The second-order valence-corrected chi connectivity index (χ2v) is 6.27. The standard InChI is InChI=1S/C20H20O6/c1-3-5-13(21)18(23)12-9-8-11-16(19(12)24)20(25)15-10(17(11)22)6-4-7-14(15)26-2/h4,6-9,13,18,21,23-24H,3,5H2,1-2H3/t13-,18-/m0/s1. The quantitative estimate of drug-likeness (QED) is 0.648. The Morgan fingerprint density at radius 3 is 2.35 bits per heavy atom. The second kappa shape index (κ2) is 6.90. The molecule has 6 heteroatoms. The van der Waals surface area contributed by atoms with Crippen LogP contribution in [0.15, 0.2) is 30.3 Å². The average Bonchev–Trinajstić information content (AvgIpc) is 2.64. The van der Waals surface area contributed by atoms with E-state index in [2.05, 4.69) is 0 Å². The van der Waals surface area contributed by atoms with Crippen LogP contribution in [0.25, 0.3) is 0 Å². The van der Waals surface area contributed by atoms with E-state index >= 15 is 0 Å². The number of ether oxygens (including phenoxy) is 1. The fraction of sp³-hybridized carbons (Fsp3) is 0.300. The molecule has 0 heterocycles. The highest BCUT2D eigenvalue weighted by atomic mass is 16.5. The summed E-state index contributed by atoms with van der Waals surface area (Å²) in [7, 11) is 1.39. The van der Waals surface area contributed by atoms with Gasteiger partial charge in [0.15, 0.2) is 5.78 Å². The van der Waals surface area contributed by atoms with E-state index in [1.807, 2.05) is 6.92 Å². The maximum absolute atomic E-state index is 13.0. The Labute approximate surface area is 150 Å². The fourth-order valence-electron chi connectivity index (χ4n) is 3.32. The lowest BCUT2D eigenvalue weighted by Gasteiger charge is -2.24. The number of ketones is 2. The Morgan fingerprint density at radius 2 is 1.69 bits per heavy atom. The van der Waals surface area contributed by atoms with Gasteiger partial charge in [-0.1, -0.05) is 31.5 Å². The first-order chi connectivity index (χ1) is 12.4. The zero-order valence-corrected chi connectivity index (χ0v) is 14.5. The normalized spacial score (nSPS) is 15.2. The zero-order chi connectivity index (χ0) is 19.0. The molecule has 6 nitrogen and oxygen atoms in total. The molecule has 26 heavy (non-hydrogen) atoms. The topological polar surface area (TPSA) is 104 Å². The molecular formula is C20H20O6. The highest BCUT2D eigenvalue weighted by Gasteiger charge is 2.36. The minimum Gasteiger partial charge on any atom is -0.507 e. The minimum absolute atomic E-state index is 0.0178. The van der Waals surface area contributed by atoms with Gasteiger partial charge >= 0.3 is 0 Å². The molecule has 136 valence electrons. The molecule has 2 atom stereocenters. The van der Waals surface area contributed by atoms with Gasteiger partial charge in [0.2, 0.25) is 5.78 Å². The van der Waals surface area contributed by atoms with Gasteiger partial charge in [0, 0.05) is 16.7 Å². The molecule has 0 bridgehead atoms. The van der Waals surface area contributed by atoms with Crippen LogP contribution in [0.5, 0.6) is 11.5 Å². The van der Waals surface area contributed by atoms with Crippen LogP contribution in [0, 0.1) is 0 Å². The molecule has 3 rings (SSSR count). The zero-order valence-electron chi connectivity index (χ0n) is 14.5. The number of carbonyl (C=O) groups excluding carboxylic acids is 2. The first-order valence-corrected chi connectivity index (χ1v) is 8.40. The third kappa shape index (κ3) is 2.67. The lowest BCUT2D eigenvalue weighted by molar-refractivity contribution is 0.0117. The van der Waals surface area contributed by atoms with Crippen molar-refractivity contribution >= 4 is 11.6 Å². The molecule has 2 aromatic carbocycles. The van der Waals surface area contributed by atoms with Gasteiger partial charge in [0.25, 0.3) is 0 Å². The van der Waals surface area contributed by atoms with Crippen molar-refractivity contribution in [1.82, 2.24) is 0 Å². The van der Waals surface area contributed by atoms with Crippen molar-refractivity contribution in [2.45, 2.75) is 32.0 Å². The highest BCUT2D eigenvalue weighted by Crippen LogP contribution is 2.40. The predicted octanol–water partition coefficient (Wildman–Crippen LogP) is 2.37. The second-order valence-electron chi connectivity index (χ2n) is 6.27. The largest absolute Gasteiger partial charge is 0.507 e. The summed E-state index contributed by atoms with van der Waals surface area (Å²) < 4.78 is 5.19. The molecular weight excluding hydrogens is 336 g/mol. The van der Waals surface area contributed by atoms with Crippen LogP contribution in [-0.4, -0.2) is 40.1 Å². The SMILES string of the molecule is CCC[C@H](O)[C@@H](O)c1ccc2c(c1O)C(=O)c1c(OC)cccc1C2=O. The molecule has 0 amide bonds. The highest BCUT2D eigenvalue weighted by molar-refractivity contribution is 6.30. The van der Waals surface area contributed by atoms with Crippen LogP contribution in [0.4, 0.5) is 0 Å². The number of benzene rings is 2. The average molecular weight is 356 g/mol. The molecule has 0 saturated carbocycles. The number of carbonyl (C=O) groups is 2. The molecule has 3 N–H and O–H groups in total. The van der Waals surface area contributed by atoms with Crippen molar-refractivity contribution in [3.05, 3.63) is 58.1 Å². The van der Waals surface area contributed by atoms with Crippen LogP contribution in [0.1, 0.15) is 63.3 Å². The number of aliphatic hydroxyl groups excluding tert-OH is 2. The summed E-state index contributed by atoms with van der Waals surface area (Å²) in [6, 6.07) is 7.48. The van der Waals surface area contributed by atoms with Crippen molar-refractivity contribution < 1.29 is 29.6 Å². The molecule has 1 aliphatic carbocycles. The van der Waals surface area contributed by atoms with Gasteiger partial charge in [0.1, 0.15) is 17.6 Å². The molecule has 0 aromatic heterocycles. The van der Waals surface area contributed by atoms with Crippen LogP contribution in [-0.2, 0) is 0 Å². The van der Waals surface area contributed by atoms with Crippen LogP contribution in [0.2, 0.25) is 0 Å². The number of rotatable bonds is 5. The number of hydrogen-bond acceptors (Lipinski definition) is 6. The lowest BCUT2D eigenvalue weighted by Crippen LogP contribution is -2.24. The van der Waals surface area contributed by atoms with Gasteiger partial charge in [-0.25, -0.2) is 0 Å². The molecule has 0 unspecified atom stereocenters. The molecule has 2 aromatic rings. The van der Waals surface area contributed by atoms with Gasteiger partial charge in [0.05, 0.1) is 24.3 Å². The number of phenols is 1.